The fourth-order valence-electron chi connectivity index (χ4n) is 4.59. The van der Waals surface area contributed by atoms with Crippen LogP contribution in [-0.2, 0) is 4.79 Å². The van der Waals surface area contributed by atoms with Crippen molar-refractivity contribution >= 4 is 34.4 Å². The van der Waals surface area contributed by atoms with E-state index in [1.165, 1.54) is 0 Å². The van der Waals surface area contributed by atoms with Crippen molar-refractivity contribution < 1.29 is 7.65 Å². The summed E-state index contributed by atoms with van der Waals surface area (Å²) in [4.78, 5) is 28.8. The number of amides is 1. The summed E-state index contributed by atoms with van der Waals surface area (Å²) >= 11 is 6.22. The smallest absolute Gasteiger partial charge is 0.220 e. The van der Waals surface area contributed by atoms with Gasteiger partial charge in [-0.1, -0.05) is 11.6 Å². The lowest BCUT2D eigenvalue weighted by Gasteiger charge is -2.44. The topological polar surface area (TPSA) is 120 Å². The number of nitrogens with zero attached hydrogens (tertiary/aromatic N) is 7. The van der Waals surface area contributed by atoms with E-state index in [0.717, 1.165) is 22.3 Å². The van der Waals surface area contributed by atoms with Gasteiger partial charge in [0.05, 0.1) is 10.7 Å². The van der Waals surface area contributed by atoms with E-state index in [1.807, 2.05) is 29.3 Å². The average Bonchev–Trinajstić information content (AvgIpc) is 3.42. The van der Waals surface area contributed by atoms with Gasteiger partial charge in [0.25, 0.3) is 0 Å². The van der Waals surface area contributed by atoms with Gasteiger partial charge < -0.3 is 14.8 Å². The van der Waals surface area contributed by atoms with E-state index in [9.17, 15) is 4.79 Å². The van der Waals surface area contributed by atoms with Crippen LogP contribution in [0.5, 0.6) is 0 Å². The number of pyridine rings is 2. The molecule has 5 heterocycles. The van der Waals surface area contributed by atoms with Crippen molar-refractivity contribution in [2.75, 3.05) is 18.0 Å². The summed E-state index contributed by atoms with van der Waals surface area (Å²) < 4.78 is 0. The van der Waals surface area contributed by atoms with Gasteiger partial charge in [0.2, 0.25) is 11.7 Å². The number of halogens is 1. The first kappa shape index (κ1) is 20.4. The number of tetrazole rings is 1. The summed E-state index contributed by atoms with van der Waals surface area (Å²) in [6.07, 6.45) is 3.47. The largest absolute Gasteiger partial charge is 0.352 e. The standard InChI is InChI=1S/C21H22ClN9O.2H2/c1-11-9-30(10-12(2)31(11)13(3)32)18-5-4-15(21-26-28-29-27-21)19(25-18)17-8-24-20-16(17)6-14(22)7-23-20;;/h4-8,11-12H,9-10H2,1-3H3,(H,23,24)(H,26,27,28,29);2*1H/t11-,12+;;. The summed E-state index contributed by atoms with van der Waals surface area (Å²) in [7, 11) is 0. The molecule has 1 amide bonds. The highest BCUT2D eigenvalue weighted by Crippen LogP contribution is 2.36. The van der Waals surface area contributed by atoms with Gasteiger partial charge in [-0.3, -0.25) is 4.79 Å². The van der Waals surface area contributed by atoms with Crippen molar-refractivity contribution in [1.82, 2.24) is 40.5 Å². The maximum atomic E-state index is 12.0. The molecule has 5 rings (SSSR count). The molecule has 10 nitrogen and oxygen atoms in total. The van der Waals surface area contributed by atoms with Crippen LogP contribution in [0.15, 0.2) is 30.6 Å². The summed E-state index contributed by atoms with van der Waals surface area (Å²) in [5.74, 6) is 1.36. The molecule has 0 radical (unpaired) electrons. The summed E-state index contributed by atoms with van der Waals surface area (Å²) in [6, 6.07) is 5.92. The molecule has 32 heavy (non-hydrogen) atoms. The molecule has 168 valence electrons. The number of carbonyl (C=O) groups excluding carboxylic acids is 1. The Morgan fingerprint density at radius 3 is 2.69 bits per heavy atom. The molecule has 0 unspecified atom stereocenters. The number of anilines is 1. The zero-order valence-electron chi connectivity index (χ0n) is 17.9. The third-order valence-corrected chi connectivity index (χ3v) is 6.03. The lowest BCUT2D eigenvalue weighted by atomic mass is 10.0. The number of aromatic nitrogens is 7. The van der Waals surface area contributed by atoms with Gasteiger partial charge in [0, 0.05) is 63.9 Å². The van der Waals surface area contributed by atoms with E-state index < -0.39 is 0 Å². The Morgan fingerprint density at radius 2 is 2.00 bits per heavy atom. The van der Waals surface area contributed by atoms with Crippen LogP contribution in [-0.4, -0.2) is 71.6 Å². The molecule has 0 aliphatic carbocycles. The minimum Gasteiger partial charge on any atom is -0.352 e. The van der Waals surface area contributed by atoms with Crippen LogP contribution in [0.4, 0.5) is 5.82 Å². The summed E-state index contributed by atoms with van der Waals surface area (Å²) in [6.45, 7) is 7.13. The van der Waals surface area contributed by atoms with Crippen LogP contribution in [0, 0.1) is 0 Å². The number of aromatic amines is 2. The van der Waals surface area contributed by atoms with Gasteiger partial charge in [0.15, 0.2) is 0 Å². The first-order valence-electron chi connectivity index (χ1n) is 10.3. The monoisotopic (exact) mass is 455 g/mol. The molecular formula is C21H26ClN9O. The number of hydrogen-bond donors (Lipinski definition) is 2. The third-order valence-electron chi connectivity index (χ3n) is 5.83. The quantitative estimate of drug-likeness (QED) is 0.485. The molecule has 1 aliphatic heterocycles. The Labute approximate surface area is 192 Å². The van der Waals surface area contributed by atoms with Crippen LogP contribution < -0.4 is 4.90 Å². The number of nitrogens with one attached hydrogen (secondary N) is 2. The van der Waals surface area contributed by atoms with Crippen molar-refractivity contribution in [3.63, 3.8) is 0 Å². The fourth-order valence-corrected chi connectivity index (χ4v) is 4.75. The second kappa shape index (κ2) is 7.86. The van der Waals surface area contributed by atoms with E-state index in [4.69, 9.17) is 16.6 Å². The van der Waals surface area contributed by atoms with Gasteiger partial charge >= 0.3 is 0 Å². The molecular weight excluding hydrogens is 430 g/mol. The molecule has 2 N–H and O–H groups in total. The molecule has 1 saturated heterocycles. The van der Waals surface area contributed by atoms with E-state index >= 15 is 0 Å². The summed E-state index contributed by atoms with van der Waals surface area (Å²) in [5.41, 5.74) is 3.01. The number of piperazine rings is 1. The normalized spacial score (nSPS) is 19.0. The fraction of sp³-hybridized carbons (Fsp3) is 0.333. The maximum absolute atomic E-state index is 12.0. The molecule has 0 saturated carbocycles. The van der Waals surface area contributed by atoms with Crippen molar-refractivity contribution in [2.24, 2.45) is 0 Å². The van der Waals surface area contributed by atoms with Gasteiger partial charge in [-0.25, -0.2) is 9.97 Å². The van der Waals surface area contributed by atoms with Gasteiger partial charge in [-0.2, -0.15) is 5.21 Å². The number of fused-ring (bicyclic) bond motifs is 1. The lowest BCUT2D eigenvalue weighted by Crippen LogP contribution is -2.58. The Kier molecular flexibility index (Phi) is 5.01. The zero-order chi connectivity index (χ0) is 22.4. The van der Waals surface area contributed by atoms with Crippen molar-refractivity contribution in [3.8, 4) is 22.6 Å². The molecule has 11 heteroatoms. The predicted octanol–water partition coefficient (Wildman–Crippen LogP) is 3.40. The maximum Gasteiger partial charge on any atom is 0.220 e. The van der Waals surface area contributed by atoms with Gasteiger partial charge in [-0.05, 0) is 37.3 Å². The molecule has 4 aromatic heterocycles. The Hall–Kier alpha value is -3.53. The molecule has 0 bridgehead atoms. The zero-order valence-corrected chi connectivity index (χ0v) is 18.6. The minimum absolute atomic E-state index is 0. The number of carbonyl (C=O) groups is 1. The molecule has 2 atom stereocenters. The number of H-pyrrole nitrogens is 2. The van der Waals surface area contributed by atoms with Crippen LogP contribution >= 0.6 is 11.6 Å². The first-order valence-corrected chi connectivity index (χ1v) is 10.7. The van der Waals surface area contributed by atoms with Crippen LogP contribution in [0.1, 0.15) is 23.6 Å². The minimum atomic E-state index is 0. The van der Waals surface area contributed by atoms with Crippen molar-refractivity contribution in [3.05, 3.63) is 35.6 Å². The van der Waals surface area contributed by atoms with Crippen molar-refractivity contribution in [2.45, 2.75) is 32.9 Å². The second-order valence-electron chi connectivity index (χ2n) is 8.08. The third kappa shape index (κ3) is 3.46. The predicted molar refractivity (Wildman–Crippen MR) is 125 cm³/mol. The SMILES string of the molecule is CC(=O)N1[C@H](C)CN(c2ccc(-c3nn[nH]n3)c(-c3c[nH]c4ncc(Cl)cc34)n2)C[C@@H]1C.[HH].[HH]. The van der Waals surface area contributed by atoms with E-state index in [0.29, 0.717) is 35.3 Å². The Balaban J connectivity index is 0.00000162. The Morgan fingerprint density at radius 1 is 1.22 bits per heavy atom. The summed E-state index contributed by atoms with van der Waals surface area (Å²) in [5, 5.41) is 15.9. The molecule has 0 aromatic carbocycles. The second-order valence-corrected chi connectivity index (χ2v) is 8.52. The molecule has 0 spiro atoms. The van der Waals surface area contributed by atoms with E-state index in [-0.39, 0.29) is 20.8 Å². The lowest BCUT2D eigenvalue weighted by molar-refractivity contribution is -0.133. The van der Waals surface area contributed by atoms with Crippen LogP contribution in [0.2, 0.25) is 5.02 Å². The van der Waals surface area contributed by atoms with Gasteiger partial charge in [0.1, 0.15) is 11.5 Å². The highest BCUT2D eigenvalue weighted by Gasteiger charge is 2.32. The van der Waals surface area contributed by atoms with E-state index in [2.05, 4.69) is 49.3 Å². The van der Waals surface area contributed by atoms with Crippen LogP contribution in [0.3, 0.4) is 0 Å². The highest BCUT2D eigenvalue weighted by molar-refractivity contribution is 6.31. The van der Waals surface area contributed by atoms with E-state index in [1.54, 1.807) is 13.1 Å². The molecule has 1 fully saturated rings. The molecule has 4 aromatic rings. The van der Waals surface area contributed by atoms with Gasteiger partial charge in [-0.15, -0.1) is 10.2 Å². The average molecular weight is 456 g/mol. The molecule has 1 aliphatic rings. The van der Waals surface area contributed by atoms with Crippen LogP contribution in [0.25, 0.3) is 33.7 Å². The van der Waals surface area contributed by atoms with Crippen molar-refractivity contribution in [1.29, 1.82) is 0 Å². The Bertz CT molecular complexity index is 1280. The number of rotatable bonds is 3. The number of hydrogen-bond acceptors (Lipinski definition) is 7. The first-order chi connectivity index (χ1) is 15.4. The highest BCUT2D eigenvalue weighted by atomic mass is 35.5.